The van der Waals surface area contributed by atoms with Gasteiger partial charge in [-0.25, -0.2) is 4.39 Å². The first-order valence-electron chi connectivity index (χ1n) is 6.49. The summed E-state index contributed by atoms with van der Waals surface area (Å²) < 4.78 is 13.3. The summed E-state index contributed by atoms with van der Waals surface area (Å²) in [5.41, 5.74) is 3.42. The van der Waals surface area contributed by atoms with E-state index in [0.29, 0.717) is 5.56 Å². The Morgan fingerprint density at radius 2 is 1.84 bits per heavy atom. The highest BCUT2D eigenvalue weighted by Crippen LogP contribution is 2.32. The monoisotopic (exact) mass is 274 g/mol. The van der Waals surface area contributed by atoms with Crippen LogP contribution in [0.5, 0.6) is 0 Å². The molecule has 1 aliphatic carbocycles. The summed E-state index contributed by atoms with van der Waals surface area (Å²) in [7, 11) is 0. The van der Waals surface area contributed by atoms with E-state index in [1.165, 1.54) is 29.0 Å². The molecular weight excluding hydrogens is 259 g/mol. The molecule has 0 N–H and O–H groups in total. The third kappa shape index (κ3) is 2.12. The lowest BCUT2D eigenvalue weighted by atomic mass is 9.98. The maximum atomic E-state index is 13.3. The van der Waals surface area contributed by atoms with E-state index in [1.54, 1.807) is 25.2 Å². The minimum atomic E-state index is -0.278. The summed E-state index contributed by atoms with van der Waals surface area (Å²) in [6, 6.07) is 4.89. The maximum absolute atomic E-state index is 13.3. The molecule has 1 aromatic heterocycles. The van der Waals surface area contributed by atoms with Crippen LogP contribution in [-0.4, -0.2) is 5.78 Å². The SMILES string of the molecule is Cc1cc(F)cc(C)c1C(=O)c1cc2c(s1)CCC2. The molecular formula is C16H15FOS. The standard InChI is InChI=1S/C16H15FOS/c1-9-6-12(17)7-10(2)15(9)16(18)14-8-11-4-3-5-13(11)19-14/h6-8H,3-5H2,1-2H3. The second-order valence-electron chi connectivity index (χ2n) is 5.16. The van der Waals surface area contributed by atoms with Crippen molar-refractivity contribution in [2.45, 2.75) is 33.1 Å². The molecule has 19 heavy (non-hydrogen) atoms. The molecule has 2 aromatic rings. The second kappa shape index (κ2) is 4.57. The zero-order valence-electron chi connectivity index (χ0n) is 11.0. The van der Waals surface area contributed by atoms with E-state index in [0.717, 1.165) is 28.8 Å². The molecule has 3 rings (SSSR count). The number of rotatable bonds is 2. The Kier molecular flexibility index (Phi) is 3.02. The largest absolute Gasteiger partial charge is 0.288 e. The van der Waals surface area contributed by atoms with Gasteiger partial charge in [-0.15, -0.1) is 11.3 Å². The van der Waals surface area contributed by atoms with Gasteiger partial charge >= 0.3 is 0 Å². The minimum absolute atomic E-state index is 0.0365. The Balaban J connectivity index is 2.04. The molecule has 1 aromatic carbocycles. The zero-order chi connectivity index (χ0) is 13.6. The molecule has 0 saturated carbocycles. The smallest absolute Gasteiger partial charge is 0.203 e. The van der Waals surface area contributed by atoms with Gasteiger partial charge < -0.3 is 0 Å². The van der Waals surface area contributed by atoms with Gasteiger partial charge in [0.15, 0.2) is 0 Å². The number of thiophene rings is 1. The van der Waals surface area contributed by atoms with Crippen LogP contribution in [0.3, 0.4) is 0 Å². The van der Waals surface area contributed by atoms with Crippen LogP contribution in [0.1, 0.15) is 43.2 Å². The van der Waals surface area contributed by atoms with E-state index in [2.05, 4.69) is 0 Å². The fraction of sp³-hybridized carbons (Fsp3) is 0.312. The number of hydrogen-bond acceptors (Lipinski definition) is 2. The molecule has 1 heterocycles. The normalized spacial score (nSPS) is 13.6. The third-order valence-corrected chi connectivity index (χ3v) is 4.93. The highest BCUT2D eigenvalue weighted by Gasteiger charge is 2.21. The summed E-state index contributed by atoms with van der Waals surface area (Å²) >= 11 is 1.60. The molecule has 1 nitrogen and oxygen atoms in total. The predicted octanol–water partition coefficient (Wildman–Crippen LogP) is 4.22. The van der Waals surface area contributed by atoms with Gasteiger partial charge in [-0.05, 0) is 68.0 Å². The molecule has 0 atom stereocenters. The molecule has 98 valence electrons. The quantitative estimate of drug-likeness (QED) is 0.749. The van der Waals surface area contributed by atoms with Gasteiger partial charge in [0, 0.05) is 10.4 Å². The molecule has 0 fully saturated rings. The van der Waals surface area contributed by atoms with E-state index in [9.17, 15) is 9.18 Å². The Hall–Kier alpha value is -1.48. The lowest BCUT2D eigenvalue weighted by molar-refractivity contribution is 0.104. The van der Waals surface area contributed by atoms with Gasteiger partial charge in [0.1, 0.15) is 5.82 Å². The molecule has 0 aliphatic heterocycles. The second-order valence-corrected chi connectivity index (χ2v) is 6.29. The lowest BCUT2D eigenvalue weighted by Gasteiger charge is -2.08. The van der Waals surface area contributed by atoms with Crippen LogP contribution < -0.4 is 0 Å². The van der Waals surface area contributed by atoms with E-state index in [-0.39, 0.29) is 11.6 Å². The first-order chi connectivity index (χ1) is 9.06. The van der Waals surface area contributed by atoms with Crippen molar-refractivity contribution in [3.05, 3.63) is 56.0 Å². The average molecular weight is 274 g/mol. The van der Waals surface area contributed by atoms with Gasteiger partial charge in [0.25, 0.3) is 0 Å². The van der Waals surface area contributed by atoms with Crippen LogP contribution in [0, 0.1) is 19.7 Å². The van der Waals surface area contributed by atoms with Gasteiger partial charge in [0.05, 0.1) is 4.88 Å². The number of ketones is 1. The molecule has 0 amide bonds. The van der Waals surface area contributed by atoms with Gasteiger partial charge in [-0.1, -0.05) is 0 Å². The van der Waals surface area contributed by atoms with Crippen molar-refractivity contribution in [3.63, 3.8) is 0 Å². The van der Waals surface area contributed by atoms with Crippen molar-refractivity contribution < 1.29 is 9.18 Å². The number of halogens is 1. The van der Waals surface area contributed by atoms with Gasteiger partial charge in [0.2, 0.25) is 5.78 Å². The van der Waals surface area contributed by atoms with Crippen LogP contribution >= 0.6 is 11.3 Å². The van der Waals surface area contributed by atoms with Crippen molar-refractivity contribution in [1.82, 2.24) is 0 Å². The highest BCUT2D eigenvalue weighted by molar-refractivity contribution is 7.14. The highest BCUT2D eigenvalue weighted by atomic mass is 32.1. The molecule has 0 unspecified atom stereocenters. The first-order valence-corrected chi connectivity index (χ1v) is 7.31. The van der Waals surface area contributed by atoms with Crippen molar-refractivity contribution in [1.29, 1.82) is 0 Å². The van der Waals surface area contributed by atoms with Gasteiger partial charge in [-0.3, -0.25) is 4.79 Å². The Morgan fingerprint density at radius 1 is 1.16 bits per heavy atom. The van der Waals surface area contributed by atoms with Crippen molar-refractivity contribution in [3.8, 4) is 0 Å². The number of fused-ring (bicyclic) bond motifs is 1. The van der Waals surface area contributed by atoms with Crippen LogP contribution in [0.25, 0.3) is 0 Å². The van der Waals surface area contributed by atoms with E-state index >= 15 is 0 Å². The maximum Gasteiger partial charge on any atom is 0.203 e. The molecule has 0 spiro atoms. The average Bonchev–Trinajstić information content (AvgIpc) is 2.86. The van der Waals surface area contributed by atoms with E-state index in [4.69, 9.17) is 0 Å². The fourth-order valence-electron chi connectivity index (χ4n) is 2.83. The Bertz CT molecular complexity index is 625. The Morgan fingerprint density at radius 3 is 2.47 bits per heavy atom. The van der Waals surface area contributed by atoms with Crippen LogP contribution in [0.4, 0.5) is 4.39 Å². The fourth-order valence-corrected chi connectivity index (χ4v) is 4.03. The third-order valence-electron chi connectivity index (χ3n) is 3.69. The van der Waals surface area contributed by atoms with Crippen LogP contribution in [-0.2, 0) is 12.8 Å². The van der Waals surface area contributed by atoms with E-state index < -0.39 is 0 Å². The number of aryl methyl sites for hydroxylation is 4. The number of carbonyl (C=O) groups is 1. The number of carbonyl (C=O) groups excluding carboxylic acids is 1. The van der Waals surface area contributed by atoms with Crippen molar-refractivity contribution >= 4 is 17.1 Å². The summed E-state index contributed by atoms with van der Waals surface area (Å²) in [6.45, 7) is 3.59. The molecule has 1 aliphatic rings. The summed E-state index contributed by atoms with van der Waals surface area (Å²) in [6.07, 6.45) is 3.37. The topological polar surface area (TPSA) is 17.1 Å². The summed E-state index contributed by atoms with van der Waals surface area (Å²) in [4.78, 5) is 14.7. The Labute approximate surface area is 116 Å². The molecule has 3 heteroatoms. The van der Waals surface area contributed by atoms with E-state index in [1.807, 2.05) is 6.07 Å². The zero-order valence-corrected chi connectivity index (χ0v) is 11.9. The minimum Gasteiger partial charge on any atom is -0.288 e. The first kappa shape index (κ1) is 12.5. The molecule has 0 bridgehead atoms. The van der Waals surface area contributed by atoms with Gasteiger partial charge in [-0.2, -0.15) is 0 Å². The summed E-state index contributed by atoms with van der Waals surface area (Å²) in [5.74, 6) is -0.241. The molecule has 0 saturated heterocycles. The lowest BCUT2D eigenvalue weighted by Crippen LogP contribution is -2.05. The number of benzene rings is 1. The summed E-state index contributed by atoms with van der Waals surface area (Å²) in [5, 5.41) is 0. The van der Waals surface area contributed by atoms with Crippen LogP contribution in [0.15, 0.2) is 18.2 Å². The number of hydrogen-bond donors (Lipinski definition) is 0. The van der Waals surface area contributed by atoms with Crippen molar-refractivity contribution in [2.75, 3.05) is 0 Å². The molecule has 0 radical (unpaired) electrons. The van der Waals surface area contributed by atoms with Crippen molar-refractivity contribution in [2.24, 2.45) is 0 Å². The predicted molar refractivity (Wildman–Crippen MR) is 75.7 cm³/mol. The van der Waals surface area contributed by atoms with Crippen LogP contribution in [0.2, 0.25) is 0 Å².